The summed E-state index contributed by atoms with van der Waals surface area (Å²) in [5, 5.41) is 0. The summed E-state index contributed by atoms with van der Waals surface area (Å²) in [6.07, 6.45) is 1.46. The minimum absolute atomic E-state index is 0.125. The van der Waals surface area contributed by atoms with E-state index in [0.717, 1.165) is 17.5 Å². The lowest BCUT2D eigenvalue weighted by atomic mass is 10.1. The molecule has 2 heterocycles. The van der Waals surface area contributed by atoms with Crippen LogP contribution in [0.4, 0.5) is 5.95 Å². The summed E-state index contributed by atoms with van der Waals surface area (Å²) in [5.41, 5.74) is 7.56. The number of hydrogen-bond donors (Lipinski definition) is 1. The van der Waals surface area contributed by atoms with E-state index < -0.39 is 9.84 Å². The first-order valence-electron chi connectivity index (χ1n) is 6.52. The number of rotatable bonds is 2. The van der Waals surface area contributed by atoms with Crippen molar-refractivity contribution in [3.05, 3.63) is 18.2 Å². The molecule has 2 aromatic rings. The standard InChI is InChI=1S/C13H17N3O3S/c1-19-10-4-5-11-12(7-10)16(13(14)15-11)9-3-2-6-20(17,18)8-9/h4-5,7,9H,2-3,6,8H2,1H3,(H2,14,15). The molecule has 3 rings (SSSR count). The van der Waals surface area contributed by atoms with Gasteiger partial charge in [-0.2, -0.15) is 0 Å². The number of hydrogen-bond acceptors (Lipinski definition) is 5. The monoisotopic (exact) mass is 295 g/mol. The molecule has 0 saturated carbocycles. The highest BCUT2D eigenvalue weighted by molar-refractivity contribution is 7.91. The van der Waals surface area contributed by atoms with Crippen molar-refractivity contribution in [2.45, 2.75) is 18.9 Å². The first kappa shape index (κ1) is 13.2. The highest BCUT2D eigenvalue weighted by Crippen LogP contribution is 2.31. The van der Waals surface area contributed by atoms with Crippen LogP contribution in [0.3, 0.4) is 0 Å². The second kappa shape index (κ2) is 4.66. The largest absolute Gasteiger partial charge is 0.497 e. The molecule has 1 aliphatic rings. The fraction of sp³-hybridized carbons (Fsp3) is 0.462. The average molecular weight is 295 g/mol. The Morgan fingerprint density at radius 2 is 2.25 bits per heavy atom. The third-order valence-corrected chi connectivity index (χ3v) is 5.53. The van der Waals surface area contributed by atoms with Crippen molar-refractivity contribution < 1.29 is 13.2 Å². The minimum atomic E-state index is -2.99. The highest BCUT2D eigenvalue weighted by atomic mass is 32.2. The van der Waals surface area contributed by atoms with Crippen LogP contribution in [-0.2, 0) is 9.84 Å². The smallest absolute Gasteiger partial charge is 0.201 e. The Balaban J connectivity index is 2.12. The molecule has 1 unspecified atom stereocenters. The second-order valence-corrected chi connectivity index (χ2v) is 7.33. The molecule has 6 nitrogen and oxygen atoms in total. The van der Waals surface area contributed by atoms with Gasteiger partial charge in [0.15, 0.2) is 9.84 Å². The van der Waals surface area contributed by atoms with Crippen LogP contribution in [0.15, 0.2) is 18.2 Å². The van der Waals surface area contributed by atoms with Gasteiger partial charge in [0.25, 0.3) is 0 Å². The summed E-state index contributed by atoms with van der Waals surface area (Å²) in [6.45, 7) is 0. The number of anilines is 1. The molecule has 0 spiro atoms. The minimum Gasteiger partial charge on any atom is -0.497 e. The average Bonchev–Trinajstić information content (AvgIpc) is 2.72. The van der Waals surface area contributed by atoms with E-state index in [4.69, 9.17) is 10.5 Å². The molecule has 0 amide bonds. The number of nitrogen functional groups attached to an aromatic ring is 1. The molecular weight excluding hydrogens is 278 g/mol. The van der Waals surface area contributed by atoms with E-state index in [1.807, 2.05) is 22.8 Å². The van der Waals surface area contributed by atoms with Crippen molar-refractivity contribution in [1.29, 1.82) is 0 Å². The SMILES string of the molecule is COc1ccc2nc(N)n(C3CCCS(=O)(=O)C3)c2c1. The summed E-state index contributed by atoms with van der Waals surface area (Å²) in [6, 6.07) is 5.35. The fourth-order valence-electron chi connectivity index (χ4n) is 2.80. The maximum Gasteiger partial charge on any atom is 0.201 e. The van der Waals surface area contributed by atoms with Crippen molar-refractivity contribution >= 4 is 26.8 Å². The van der Waals surface area contributed by atoms with Gasteiger partial charge in [-0.05, 0) is 25.0 Å². The molecule has 20 heavy (non-hydrogen) atoms. The van der Waals surface area contributed by atoms with Gasteiger partial charge in [-0.25, -0.2) is 13.4 Å². The van der Waals surface area contributed by atoms with Gasteiger partial charge < -0.3 is 15.0 Å². The number of sulfone groups is 1. The van der Waals surface area contributed by atoms with Gasteiger partial charge in [0, 0.05) is 6.07 Å². The number of nitrogens with two attached hydrogens (primary N) is 1. The summed E-state index contributed by atoms with van der Waals surface area (Å²) >= 11 is 0. The molecule has 7 heteroatoms. The molecule has 1 atom stereocenters. The first-order chi connectivity index (χ1) is 9.50. The van der Waals surface area contributed by atoms with Crippen LogP contribution in [0, 0.1) is 0 Å². The third-order valence-electron chi connectivity index (χ3n) is 3.73. The van der Waals surface area contributed by atoms with Gasteiger partial charge >= 0.3 is 0 Å². The Morgan fingerprint density at radius 1 is 1.45 bits per heavy atom. The maximum atomic E-state index is 11.8. The maximum absolute atomic E-state index is 11.8. The predicted molar refractivity (Wildman–Crippen MR) is 77.6 cm³/mol. The molecular formula is C13H17N3O3S. The number of fused-ring (bicyclic) bond motifs is 1. The summed E-state index contributed by atoms with van der Waals surface area (Å²) < 4.78 is 30.7. The number of nitrogens with zero attached hydrogens (tertiary/aromatic N) is 2. The zero-order valence-corrected chi connectivity index (χ0v) is 12.1. The van der Waals surface area contributed by atoms with Crippen molar-refractivity contribution in [3.63, 3.8) is 0 Å². The van der Waals surface area contributed by atoms with Gasteiger partial charge in [-0.15, -0.1) is 0 Å². The van der Waals surface area contributed by atoms with Crippen LogP contribution < -0.4 is 10.5 Å². The van der Waals surface area contributed by atoms with E-state index in [9.17, 15) is 8.42 Å². The zero-order chi connectivity index (χ0) is 14.3. The quantitative estimate of drug-likeness (QED) is 0.904. The van der Waals surface area contributed by atoms with E-state index in [2.05, 4.69) is 4.98 Å². The van der Waals surface area contributed by atoms with Gasteiger partial charge in [-0.3, -0.25) is 0 Å². The van der Waals surface area contributed by atoms with Crippen molar-refractivity contribution in [3.8, 4) is 5.75 Å². The number of imidazole rings is 1. The topological polar surface area (TPSA) is 87.2 Å². The van der Waals surface area contributed by atoms with Crippen molar-refractivity contribution in [2.75, 3.05) is 24.3 Å². The van der Waals surface area contributed by atoms with Crippen LogP contribution >= 0.6 is 0 Å². The molecule has 1 aromatic carbocycles. The summed E-state index contributed by atoms with van der Waals surface area (Å²) in [5.74, 6) is 1.45. The second-order valence-electron chi connectivity index (χ2n) is 5.11. The molecule has 2 N–H and O–H groups in total. The molecule has 0 bridgehead atoms. The Labute approximate surface area is 117 Å². The van der Waals surface area contributed by atoms with E-state index in [1.165, 1.54) is 0 Å². The number of benzene rings is 1. The normalized spacial score (nSPS) is 21.9. The van der Waals surface area contributed by atoms with Gasteiger partial charge in [-0.1, -0.05) is 0 Å². The van der Waals surface area contributed by atoms with Gasteiger partial charge in [0.1, 0.15) is 5.75 Å². The van der Waals surface area contributed by atoms with Crippen LogP contribution in [0.2, 0.25) is 0 Å². The van der Waals surface area contributed by atoms with Crippen LogP contribution in [-0.4, -0.2) is 36.6 Å². The lowest BCUT2D eigenvalue weighted by Crippen LogP contribution is -2.28. The Kier molecular flexibility index (Phi) is 3.08. The molecule has 1 fully saturated rings. The molecule has 0 radical (unpaired) electrons. The third kappa shape index (κ3) is 2.22. The molecule has 0 aliphatic carbocycles. The van der Waals surface area contributed by atoms with Crippen molar-refractivity contribution in [1.82, 2.24) is 9.55 Å². The number of aromatic nitrogens is 2. The fourth-order valence-corrected chi connectivity index (χ4v) is 4.48. The zero-order valence-electron chi connectivity index (χ0n) is 11.2. The first-order valence-corrected chi connectivity index (χ1v) is 8.34. The molecule has 1 saturated heterocycles. The Bertz CT molecular complexity index is 752. The molecule has 1 aliphatic heterocycles. The van der Waals surface area contributed by atoms with E-state index >= 15 is 0 Å². The lowest BCUT2D eigenvalue weighted by molar-refractivity contribution is 0.415. The number of ether oxygens (including phenoxy) is 1. The molecule has 1 aromatic heterocycles. The van der Waals surface area contributed by atoms with Gasteiger partial charge in [0.2, 0.25) is 5.95 Å². The van der Waals surface area contributed by atoms with Crippen LogP contribution in [0.5, 0.6) is 5.75 Å². The summed E-state index contributed by atoms with van der Waals surface area (Å²) in [7, 11) is -1.40. The van der Waals surface area contributed by atoms with Gasteiger partial charge in [0.05, 0.1) is 35.7 Å². The summed E-state index contributed by atoms with van der Waals surface area (Å²) in [4.78, 5) is 4.30. The molecule has 108 valence electrons. The van der Waals surface area contributed by atoms with E-state index in [1.54, 1.807) is 7.11 Å². The van der Waals surface area contributed by atoms with E-state index in [-0.39, 0.29) is 17.5 Å². The Hall–Kier alpha value is -1.76. The van der Waals surface area contributed by atoms with Crippen LogP contribution in [0.1, 0.15) is 18.9 Å². The predicted octanol–water partition coefficient (Wildman–Crippen LogP) is 1.38. The van der Waals surface area contributed by atoms with E-state index in [0.29, 0.717) is 18.1 Å². The Morgan fingerprint density at radius 3 is 2.95 bits per heavy atom. The van der Waals surface area contributed by atoms with Crippen molar-refractivity contribution in [2.24, 2.45) is 0 Å². The highest BCUT2D eigenvalue weighted by Gasteiger charge is 2.28. The lowest BCUT2D eigenvalue weighted by Gasteiger charge is -2.24. The number of methoxy groups -OCH3 is 1. The van der Waals surface area contributed by atoms with Crippen LogP contribution in [0.25, 0.3) is 11.0 Å².